The van der Waals surface area contributed by atoms with Crippen LogP contribution < -0.4 is 19.7 Å². The molecule has 1 atom stereocenters. The number of nitrogens with zero attached hydrogens (tertiary/aromatic N) is 1. The Kier molecular flexibility index (Phi) is 4.88. The number of hydrogen-bond acceptors (Lipinski definition) is 5. The minimum Gasteiger partial charge on any atom is -0.497 e. The van der Waals surface area contributed by atoms with E-state index in [1.165, 1.54) is 4.90 Å². The van der Waals surface area contributed by atoms with Gasteiger partial charge in [-0.05, 0) is 55.5 Å². The number of hydrogen-bond donors (Lipinski definition) is 1. The van der Waals surface area contributed by atoms with Crippen molar-refractivity contribution in [3.05, 3.63) is 48.5 Å². The lowest BCUT2D eigenvalue weighted by Gasteiger charge is -2.16. The highest BCUT2D eigenvalue weighted by atomic mass is 16.5. The highest BCUT2D eigenvalue weighted by Crippen LogP contribution is 2.27. The molecule has 25 heavy (non-hydrogen) atoms. The van der Waals surface area contributed by atoms with Crippen LogP contribution in [-0.4, -0.2) is 31.6 Å². The van der Waals surface area contributed by atoms with E-state index in [0.717, 1.165) is 11.4 Å². The molecular formula is C19H20N2O4. The molecule has 0 spiro atoms. The van der Waals surface area contributed by atoms with Gasteiger partial charge in [-0.15, -0.1) is 0 Å². The zero-order valence-corrected chi connectivity index (χ0v) is 14.2. The van der Waals surface area contributed by atoms with Crippen molar-refractivity contribution in [3.8, 4) is 11.5 Å². The highest BCUT2D eigenvalue weighted by molar-refractivity contribution is 6.23. The Morgan fingerprint density at radius 1 is 1.04 bits per heavy atom. The molecule has 1 heterocycles. The van der Waals surface area contributed by atoms with Crippen molar-refractivity contribution in [1.82, 2.24) is 0 Å². The predicted octanol–water partition coefficient (Wildman–Crippen LogP) is 2.84. The molecule has 1 fully saturated rings. The molecule has 6 nitrogen and oxygen atoms in total. The molecule has 0 radical (unpaired) electrons. The smallest absolute Gasteiger partial charge is 0.256 e. The molecule has 0 saturated carbocycles. The number of methoxy groups -OCH3 is 1. The fourth-order valence-corrected chi connectivity index (χ4v) is 2.76. The maximum atomic E-state index is 12.6. The zero-order chi connectivity index (χ0) is 17.8. The second-order valence-electron chi connectivity index (χ2n) is 5.62. The van der Waals surface area contributed by atoms with E-state index in [4.69, 9.17) is 9.47 Å². The number of anilines is 2. The molecule has 0 aliphatic carbocycles. The molecule has 6 heteroatoms. The largest absolute Gasteiger partial charge is 0.497 e. The first-order chi connectivity index (χ1) is 12.1. The molecule has 1 saturated heterocycles. The van der Waals surface area contributed by atoms with Crippen LogP contribution in [0.15, 0.2) is 48.5 Å². The molecule has 2 aromatic carbocycles. The molecule has 1 aliphatic heterocycles. The first kappa shape index (κ1) is 16.8. The predicted molar refractivity (Wildman–Crippen MR) is 95.1 cm³/mol. The Labute approximate surface area is 146 Å². The molecule has 2 aromatic rings. The number of benzene rings is 2. The maximum Gasteiger partial charge on any atom is 0.256 e. The summed E-state index contributed by atoms with van der Waals surface area (Å²) in [5.74, 6) is 0.955. The second kappa shape index (κ2) is 7.25. The van der Waals surface area contributed by atoms with E-state index in [9.17, 15) is 9.59 Å². The van der Waals surface area contributed by atoms with Crippen molar-refractivity contribution in [3.63, 3.8) is 0 Å². The minimum atomic E-state index is -0.576. The van der Waals surface area contributed by atoms with Gasteiger partial charge in [0.15, 0.2) is 0 Å². The lowest BCUT2D eigenvalue weighted by molar-refractivity contribution is -0.121. The van der Waals surface area contributed by atoms with Gasteiger partial charge in [0.05, 0.1) is 25.8 Å². The van der Waals surface area contributed by atoms with Crippen molar-refractivity contribution in [2.24, 2.45) is 0 Å². The van der Waals surface area contributed by atoms with Crippen molar-refractivity contribution >= 4 is 23.2 Å². The third kappa shape index (κ3) is 3.57. The summed E-state index contributed by atoms with van der Waals surface area (Å²) in [4.78, 5) is 26.1. The third-order valence-corrected chi connectivity index (χ3v) is 3.98. The molecule has 130 valence electrons. The number of carbonyl (C=O) groups is 2. The lowest BCUT2D eigenvalue weighted by Crippen LogP contribution is -2.34. The fourth-order valence-electron chi connectivity index (χ4n) is 2.76. The topological polar surface area (TPSA) is 67.9 Å². The van der Waals surface area contributed by atoms with Crippen LogP contribution in [0.1, 0.15) is 13.3 Å². The summed E-state index contributed by atoms with van der Waals surface area (Å²) in [7, 11) is 1.57. The van der Waals surface area contributed by atoms with Crippen molar-refractivity contribution < 1.29 is 19.1 Å². The van der Waals surface area contributed by atoms with Gasteiger partial charge in [0, 0.05) is 5.69 Å². The van der Waals surface area contributed by atoms with Crippen molar-refractivity contribution in [2.75, 3.05) is 23.9 Å². The van der Waals surface area contributed by atoms with Crippen LogP contribution in [0.5, 0.6) is 11.5 Å². The number of nitrogens with one attached hydrogen (secondary N) is 1. The zero-order valence-electron chi connectivity index (χ0n) is 14.2. The molecule has 0 unspecified atom stereocenters. The summed E-state index contributed by atoms with van der Waals surface area (Å²) in [5, 5.41) is 3.12. The first-order valence-corrected chi connectivity index (χ1v) is 8.12. The number of rotatable bonds is 6. The van der Waals surface area contributed by atoms with E-state index in [2.05, 4.69) is 5.32 Å². The Morgan fingerprint density at radius 3 is 2.28 bits per heavy atom. The van der Waals surface area contributed by atoms with Gasteiger partial charge < -0.3 is 14.8 Å². The third-order valence-electron chi connectivity index (χ3n) is 3.98. The van der Waals surface area contributed by atoms with Crippen LogP contribution in [0.4, 0.5) is 11.4 Å². The number of ether oxygens (including phenoxy) is 2. The van der Waals surface area contributed by atoms with Crippen molar-refractivity contribution in [1.29, 1.82) is 0 Å². The molecule has 0 aromatic heterocycles. The van der Waals surface area contributed by atoms with E-state index >= 15 is 0 Å². The molecule has 3 rings (SSSR count). The average molecular weight is 340 g/mol. The lowest BCUT2D eigenvalue weighted by atomic mass is 10.2. The number of carbonyl (C=O) groups excluding carboxylic acids is 2. The summed E-state index contributed by atoms with van der Waals surface area (Å²) in [5.41, 5.74) is 1.32. The number of amides is 2. The van der Waals surface area contributed by atoms with Gasteiger partial charge in [0.1, 0.15) is 17.5 Å². The van der Waals surface area contributed by atoms with Crippen LogP contribution in [0.25, 0.3) is 0 Å². The van der Waals surface area contributed by atoms with Crippen LogP contribution in [0.2, 0.25) is 0 Å². The summed E-state index contributed by atoms with van der Waals surface area (Å²) >= 11 is 0. The minimum absolute atomic E-state index is 0.123. The molecule has 2 amide bonds. The van der Waals surface area contributed by atoms with E-state index < -0.39 is 6.04 Å². The Balaban J connectivity index is 1.71. The molecule has 1 aliphatic rings. The first-order valence-electron chi connectivity index (χ1n) is 8.12. The van der Waals surface area contributed by atoms with Crippen LogP contribution in [0, 0.1) is 0 Å². The van der Waals surface area contributed by atoms with Gasteiger partial charge >= 0.3 is 0 Å². The monoisotopic (exact) mass is 340 g/mol. The van der Waals surface area contributed by atoms with Gasteiger partial charge in [0.2, 0.25) is 5.91 Å². The van der Waals surface area contributed by atoms with Gasteiger partial charge in [-0.25, -0.2) is 4.90 Å². The molecule has 1 N–H and O–H groups in total. The van der Waals surface area contributed by atoms with Crippen molar-refractivity contribution in [2.45, 2.75) is 19.4 Å². The summed E-state index contributed by atoms with van der Waals surface area (Å²) in [6.07, 6.45) is 0.123. The number of imide groups is 1. The fraction of sp³-hybridized carbons (Fsp3) is 0.263. The highest BCUT2D eigenvalue weighted by Gasteiger charge is 2.39. The summed E-state index contributed by atoms with van der Waals surface area (Å²) in [6, 6.07) is 13.6. The van der Waals surface area contributed by atoms with Crippen LogP contribution >= 0.6 is 0 Å². The SMILES string of the molecule is CCOc1ccc(N[C@@H]2CC(=O)N(c3ccc(OC)cc3)C2=O)cc1. The van der Waals surface area contributed by atoms with E-state index in [-0.39, 0.29) is 18.2 Å². The normalized spacial score (nSPS) is 16.9. The van der Waals surface area contributed by atoms with E-state index in [1.54, 1.807) is 31.4 Å². The Bertz CT molecular complexity index is 756. The van der Waals surface area contributed by atoms with E-state index in [1.807, 2.05) is 31.2 Å². The van der Waals surface area contributed by atoms with Gasteiger partial charge in [0.25, 0.3) is 5.91 Å². The Hall–Kier alpha value is -3.02. The Morgan fingerprint density at radius 2 is 1.68 bits per heavy atom. The van der Waals surface area contributed by atoms with E-state index in [0.29, 0.717) is 18.0 Å². The van der Waals surface area contributed by atoms with Gasteiger partial charge in [-0.1, -0.05) is 0 Å². The van der Waals surface area contributed by atoms with Crippen LogP contribution in [-0.2, 0) is 9.59 Å². The second-order valence-corrected chi connectivity index (χ2v) is 5.62. The van der Waals surface area contributed by atoms with Gasteiger partial charge in [-0.2, -0.15) is 0 Å². The van der Waals surface area contributed by atoms with Gasteiger partial charge in [-0.3, -0.25) is 9.59 Å². The van der Waals surface area contributed by atoms with Crippen LogP contribution in [0.3, 0.4) is 0 Å². The maximum absolute atomic E-state index is 12.6. The molecular weight excluding hydrogens is 320 g/mol. The standard InChI is InChI=1S/C19H20N2O4/c1-3-25-16-8-4-13(5-9-16)20-17-12-18(22)21(19(17)23)14-6-10-15(24-2)11-7-14/h4-11,17,20H,3,12H2,1-2H3/t17-/m1/s1. The quantitative estimate of drug-likeness (QED) is 0.819. The average Bonchev–Trinajstić information content (AvgIpc) is 2.90. The summed E-state index contributed by atoms with van der Waals surface area (Å²) in [6.45, 7) is 2.52. The summed E-state index contributed by atoms with van der Waals surface area (Å²) < 4.78 is 10.5. The molecule has 0 bridgehead atoms.